The number of carbonyl (C=O) groups excluding carboxylic acids is 1. The lowest BCUT2D eigenvalue weighted by atomic mass is 9.96. The Morgan fingerprint density at radius 3 is 2.47 bits per heavy atom. The summed E-state index contributed by atoms with van der Waals surface area (Å²) in [5, 5.41) is 5.69. The Labute approximate surface area is 248 Å². The zero-order valence-electron chi connectivity index (χ0n) is 23.7. The maximum absolute atomic E-state index is 13.8. The van der Waals surface area contributed by atoms with Crippen LogP contribution in [0.25, 0.3) is 33.4 Å². The first kappa shape index (κ1) is 27.9. The van der Waals surface area contributed by atoms with Crippen LogP contribution in [0.2, 0.25) is 0 Å². The molecule has 2 aromatic heterocycles. The molecule has 0 bridgehead atoms. The van der Waals surface area contributed by atoms with Crippen molar-refractivity contribution in [2.24, 2.45) is 0 Å². The molecular formula is C33H28N4O5S. The molecule has 0 aliphatic heterocycles. The van der Waals surface area contributed by atoms with Gasteiger partial charge in [-0.2, -0.15) is 0 Å². The Morgan fingerprint density at radius 1 is 0.930 bits per heavy atom. The standard InChI is InChI=1S/C33H28N4O5S/c1-21-22(2)35-42-31(21)36-43(39,40)30-14-7-6-12-28(30)27-16-15-24(32-34-17-18-41-32)19-25(27)20-37(3)33(38)29-13-8-10-23-9-4-5-11-26(23)29/h4-19,36H,20H2,1-3H3. The smallest absolute Gasteiger partial charge is 0.264 e. The molecule has 0 saturated carbocycles. The minimum Gasteiger partial charge on any atom is -0.445 e. The lowest BCUT2D eigenvalue weighted by molar-refractivity contribution is 0.0787. The van der Waals surface area contributed by atoms with Gasteiger partial charge in [-0.05, 0) is 60.0 Å². The van der Waals surface area contributed by atoms with Gasteiger partial charge in [-0.1, -0.05) is 65.8 Å². The molecule has 1 amide bonds. The van der Waals surface area contributed by atoms with E-state index in [1.54, 1.807) is 50.2 Å². The maximum atomic E-state index is 13.8. The summed E-state index contributed by atoms with van der Waals surface area (Å²) in [5.41, 5.74) is 4.28. The third kappa shape index (κ3) is 5.40. The fourth-order valence-electron chi connectivity index (χ4n) is 5.04. The van der Waals surface area contributed by atoms with Crippen molar-refractivity contribution in [3.05, 3.63) is 120 Å². The maximum Gasteiger partial charge on any atom is 0.264 e. The number of oxazole rings is 1. The van der Waals surface area contributed by atoms with E-state index >= 15 is 0 Å². The van der Waals surface area contributed by atoms with Crippen LogP contribution in [0, 0.1) is 13.8 Å². The molecule has 0 atom stereocenters. The van der Waals surface area contributed by atoms with Crippen molar-refractivity contribution in [1.82, 2.24) is 15.0 Å². The van der Waals surface area contributed by atoms with Crippen LogP contribution >= 0.6 is 0 Å². The molecule has 10 heteroatoms. The van der Waals surface area contributed by atoms with Crippen molar-refractivity contribution in [3.8, 4) is 22.6 Å². The zero-order chi connectivity index (χ0) is 30.1. The highest BCUT2D eigenvalue weighted by atomic mass is 32.2. The van der Waals surface area contributed by atoms with Gasteiger partial charge < -0.3 is 13.8 Å². The van der Waals surface area contributed by atoms with E-state index in [1.165, 1.54) is 12.3 Å². The Hall–Kier alpha value is -5.22. The molecule has 0 unspecified atom stereocenters. The van der Waals surface area contributed by atoms with Crippen LogP contribution in [0.3, 0.4) is 0 Å². The molecule has 2 heterocycles. The summed E-state index contributed by atoms with van der Waals surface area (Å²) in [5.74, 6) is 0.310. The summed E-state index contributed by atoms with van der Waals surface area (Å²) in [7, 11) is -2.35. The highest BCUT2D eigenvalue weighted by molar-refractivity contribution is 7.92. The number of sulfonamides is 1. The molecule has 1 N–H and O–H groups in total. The van der Waals surface area contributed by atoms with Crippen LogP contribution in [-0.2, 0) is 16.6 Å². The van der Waals surface area contributed by atoms with Gasteiger partial charge in [-0.15, -0.1) is 0 Å². The average molecular weight is 593 g/mol. The Balaban J connectivity index is 1.42. The van der Waals surface area contributed by atoms with Gasteiger partial charge in [0.2, 0.25) is 11.8 Å². The molecule has 0 radical (unpaired) electrons. The van der Waals surface area contributed by atoms with Crippen LogP contribution in [0.4, 0.5) is 5.88 Å². The van der Waals surface area contributed by atoms with E-state index < -0.39 is 10.0 Å². The van der Waals surface area contributed by atoms with Gasteiger partial charge in [-0.25, -0.2) is 18.1 Å². The molecule has 9 nitrogen and oxygen atoms in total. The van der Waals surface area contributed by atoms with Crippen molar-refractivity contribution in [3.63, 3.8) is 0 Å². The monoisotopic (exact) mass is 592 g/mol. The van der Waals surface area contributed by atoms with E-state index in [0.29, 0.717) is 45.0 Å². The van der Waals surface area contributed by atoms with E-state index in [-0.39, 0.29) is 23.2 Å². The van der Waals surface area contributed by atoms with Crippen molar-refractivity contribution in [2.45, 2.75) is 25.3 Å². The van der Waals surface area contributed by atoms with Crippen LogP contribution in [0.15, 0.2) is 111 Å². The van der Waals surface area contributed by atoms with Gasteiger partial charge in [0.25, 0.3) is 15.9 Å². The Bertz CT molecular complexity index is 2060. The van der Waals surface area contributed by atoms with Gasteiger partial charge in [0, 0.05) is 35.8 Å². The SMILES string of the molecule is Cc1noc(NS(=O)(=O)c2ccccc2-c2ccc(-c3ncco3)cc2CN(C)C(=O)c2cccc3ccccc23)c1C. The lowest BCUT2D eigenvalue weighted by Crippen LogP contribution is -2.26. The number of rotatable bonds is 8. The van der Waals surface area contributed by atoms with Crippen LogP contribution < -0.4 is 4.72 Å². The number of hydrogen-bond donors (Lipinski definition) is 1. The first-order chi connectivity index (χ1) is 20.7. The van der Waals surface area contributed by atoms with E-state index in [1.807, 2.05) is 60.7 Å². The fourth-order valence-corrected chi connectivity index (χ4v) is 6.31. The number of hydrogen-bond acceptors (Lipinski definition) is 7. The van der Waals surface area contributed by atoms with Crippen molar-refractivity contribution < 1.29 is 22.2 Å². The molecule has 43 heavy (non-hydrogen) atoms. The highest BCUT2D eigenvalue weighted by Crippen LogP contribution is 2.35. The number of amides is 1. The summed E-state index contributed by atoms with van der Waals surface area (Å²) in [6.45, 7) is 3.66. The average Bonchev–Trinajstić information content (AvgIpc) is 3.67. The quantitative estimate of drug-likeness (QED) is 0.206. The number of carbonyl (C=O) groups is 1. The van der Waals surface area contributed by atoms with Crippen LogP contribution in [0.1, 0.15) is 27.2 Å². The largest absolute Gasteiger partial charge is 0.445 e. The molecule has 6 aromatic rings. The second kappa shape index (κ2) is 11.2. The van der Waals surface area contributed by atoms with Gasteiger partial charge in [0.05, 0.1) is 16.8 Å². The minimum atomic E-state index is -4.08. The molecule has 0 spiro atoms. The first-order valence-electron chi connectivity index (χ1n) is 13.5. The molecule has 0 saturated heterocycles. The van der Waals surface area contributed by atoms with Crippen LogP contribution in [-0.4, -0.2) is 36.4 Å². The number of aryl methyl sites for hydroxylation is 1. The molecule has 216 valence electrons. The normalized spacial score (nSPS) is 11.5. The van der Waals surface area contributed by atoms with Gasteiger partial charge in [-0.3, -0.25) is 4.79 Å². The van der Waals surface area contributed by atoms with Crippen molar-refractivity contribution in [2.75, 3.05) is 11.8 Å². The Kier molecular flexibility index (Phi) is 7.29. The summed E-state index contributed by atoms with van der Waals surface area (Å²) < 4.78 is 40.6. The second-order valence-electron chi connectivity index (χ2n) is 10.2. The third-order valence-corrected chi connectivity index (χ3v) is 8.80. The number of fused-ring (bicyclic) bond motifs is 1. The predicted molar refractivity (Wildman–Crippen MR) is 164 cm³/mol. The van der Waals surface area contributed by atoms with E-state index in [4.69, 9.17) is 8.94 Å². The summed E-state index contributed by atoms with van der Waals surface area (Å²) >= 11 is 0. The highest BCUT2D eigenvalue weighted by Gasteiger charge is 2.25. The number of aromatic nitrogens is 2. The summed E-state index contributed by atoms with van der Waals surface area (Å²) in [6.07, 6.45) is 3.04. The van der Waals surface area contributed by atoms with Crippen molar-refractivity contribution in [1.29, 1.82) is 0 Å². The molecule has 0 aliphatic rings. The lowest BCUT2D eigenvalue weighted by Gasteiger charge is -2.22. The van der Waals surface area contributed by atoms with Gasteiger partial charge in [0.1, 0.15) is 6.26 Å². The van der Waals surface area contributed by atoms with E-state index in [2.05, 4.69) is 14.9 Å². The molecule has 6 rings (SSSR count). The number of nitrogens with one attached hydrogen (secondary N) is 1. The summed E-state index contributed by atoms with van der Waals surface area (Å²) in [4.78, 5) is 19.7. The van der Waals surface area contributed by atoms with E-state index in [0.717, 1.165) is 10.8 Å². The third-order valence-electron chi connectivity index (χ3n) is 7.41. The molecule has 0 fully saturated rings. The summed E-state index contributed by atoms with van der Waals surface area (Å²) in [6, 6.07) is 25.6. The number of anilines is 1. The Morgan fingerprint density at radius 2 is 1.70 bits per heavy atom. The first-order valence-corrected chi connectivity index (χ1v) is 15.0. The molecular weight excluding hydrogens is 564 g/mol. The molecule has 0 aliphatic carbocycles. The minimum absolute atomic E-state index is 0.0524. The van der Waals surface area contributed by atoms with Crippen LogP contribution in [0.5, 0.6) is 0 Å². The molecule has 4 aromatic carbocycles. The predicted octanol–water partition coefficient (Wildman–Crippen LogP) is 6.84. The second-order valence-corrected chi connectivity index (χ2v) is 11.9. The van der Waals surface area contributed by atoms with Crippen molar-refractivity contribution >= 4 is 32.6 Å². The van der Waals surface area contributed by atoms with Gasteiger partial charge in [0.15, 0.2) is 0 Å². The van der Waals surface area contributed by atoms with E-state index in [9.17, 15) is 13.2 Å². The fraction of sp³-hybridized carbons (Fsp3) is 0.121. The number of benzene rings is 4. The number of nitrogens with zero attached hydrogens (tertiary/aromatic N) is 3. The zero-order valence-corrected chi connectivity index (χ0v) is 24.6. The van der Waals surface area contributed by atoms with Gasteiger partial charge >= 0.3 is 0 Å². The topological polar surface area (TPSA) is 119 Å².